The Kier molecular flexibility index (Phi) is 3.52. The normalized spacial score (nSPS) is 15.6. The molecule has 0 saturated heterocycles. The number of methoxy groups -OCH3 is 1. The van der Waals surface area contributed by atoms with E-state index in [4.69, 9.17) is 9.72 Å². The van der Waals surface area contributed by atoms with E-state index in [1.165, 1.54) is 0 Å². The standard InChI is InChI=1S/C20H18N6O2/c1-26-9-11-5-14(15(28-2)6-13(11)19(26)27)23-20-24-17(10-3-4-10)16-12(7-21)8-22-18(16)25-20/h5-6,8,10H,3-4,9H2,1-2H3,(H2,22,23,24,25). The van der Waals surface area contributed by atoms with E-state index >= 15 is 0 Å². The molecule has 0 bridgehead atoms. The second-order valence-electron chi connectivity index (χ2n) is 7.24. The minimum absolute atomic E-state index is 0.0102. The van der Waals surface area contributed by atoms with E-state index in [1.807, 2.05) is 6.07 Å². The molecular weight excluding hydrogens is 356 g/mol. The molecule has 2 N–H and O–H groups in total. The SMILES string of the molecule is COc1cc2c(cc1Nc1nc(C3CC3)c3c(C#N)c[nH]c3n1)CN(C)C2=O. The number of hydrogen-bond donors (Lipinski definition) is 2. The Morgan fingerprint density at radius 3 is 2.89 bits per heavy atom. The van der Waals surface area contributed by atoms with Gasteiger partial charge in [0.15, 0.2) is 0 Å². The zero-order valence-electron chi connectivity index (χ0n) is 15.5. The Morgan fingerprint density at radius 2 is 2.18 bits per heavy atom. The number of carbonyl (C=O) groups excluding carboxylic acids is 1. The van der Waals surface area contributed by atoms with Gasteiger partial charge in [-0.15, -0.1) is 0 Å². The van der Waals surface area contributed by atoms with Gasteiger partial charge in [-0.05, 0) is 30.5 Å². The first kappa shape index (κ1) is 16.6. The fourth-order valence-corrected chi connectivity index (χ4v) is 3.73. The highest BCUT2D eigenvalue weighted by molar-refractivity contribution is 5.99. The van der Waals surface area contributed by atoms with Gasteiger partial charge in [-0.3, -0.25) is 4.79 Å². The van der Waals surface area contributed by atoms with Gasteiger partial charge in [0.05, 0.1) is 29.4 Å². The lowest BCUT2D eigenvalue weighted by atomic mass is 10.1. The molecule has 0 spiro atoms. The molecule has 1 aliphatic heterocycles. The zero-order valence-corrected chi connectivity index (χ0v) is 15.5. The summed E-state index contributed by atoms with van der Waals surface area (Å²) in [6.45, 7) is 0.558. The third-order valence-corrected chi connectivity index (χ3v) is 5.30. The van der Waals surface area contributed by atoms with Crippen molar-refractivity contribution < 1.29 is 9.53 Å². The number of aromatic nitrogens is 3. The number of nitriles is 1. The van der Waals surface area contributed by atoms with Crippen LogP contribution in [0.15, 0.2) is 18.3 Å². The average molecular weight is 374 g/mol. The summed E-state index contributed by atoms with van der Waals surface area (Å²) in [7, 11) is 3.35. The molecule has 1 saturated carbocycles. The van der Waals surface area contributed by atoms with Crippen molar-refractivity contribution in [3.05, 3.63) is 40.7 Å². The zero-order chi connectivity index (χ0) is 19.4. The van der Waals surface area contributed by atoms with Crippen molar-refractivity contribution in [3.8, 4) is 11.8 Å². The summed E-state index contributed by atoms with van der Waals surface area (Å²) in [6.07, 6.45) is 3.81. The van der Waals surface area contributed by atoms with Gasteiger partial charge in [-0.2, -0.15) is 10.2 Å². The molecule has 1 aliphatic carbocycles. The van der Waals surface area contributed by atoms with Crippen molar-refractivity contribution in [1.29, 1.82) is 5.26 Å². The predicted molar refractivity (Wildman–Crippen MR) is 103 cm³/mol. The van der Waals surface area contributed by atoms with E-state index in [9.17, 15) is 10.1 Å². The van der Waals surface area contributed by atoms with Crippen LogP contribution < -0.4 is 10.1 Å². The largest absolute Gasteiger partial charge is 0.495 e. The fraction of sp³-hybridized carbons (Fsp3) is 0.300. The number of hydrogen-bond acceptors (Lipinski definition) is 6. The number of amides is 1. The number of nitrogens with one attached hydrogen (secondary N) is 2. The van der Waals surface area contributed by atoms with Gasteiger partial charge in [0.2, 0.25) is 5.95 Å². The monoisotopic (exact) mass is 374 g/mol. The molecule has 8 nitrogen and oxygen atoms in total. The highest BCUT2D eigenvalue weighted by Crippen LogP contribution is 2.43. The first-order valence-corrected chi connectivity index (χ1v) is 9.11. The number of H-pyrrole nitrogens is 1. The molecule has 2 aromatic heterocycles. The number of benzene rings is 1. The Balaban J connectivity index is 1.59. The number of rotatable bonds is 4. The van der Waals surface area contributed by atoms with Crippen LogP contribution in [0.25, 0.3) is 11.0 Å². The van der Waals surface area contributed by atoms with Gasteiger partial charge >= 0.3 is 0 Å². The summed E-state index contributed by atoms with van der Waals surface area (Å²) >= 11 is 0. The van der Waals surface area contributed by atoms with Crippen molar-refractivity contribution in [1.82, 2.24) is 19.9 Å². The van der Waals surface area contributed by atoms with Crippen molar-refractivity contribution >= 4 is 28.6 Å². The van der Waals surface area contributed by atoms with E-state index in [0.29, 0.717) is 46.6 Å². The van der Waals surface area contributed by atoms with Crippen LogP contribution in [0.3, 0.4) is 0 Å². The van der Waals surface area contributed by atoms with Crippen LogP contribution in [0.4, 0.5) is 11.6 Å². The molecule has 3 aromatic rings. The maximum atomic E-state index is 12.2. The summed E-state index contributed by atoms with van der Waals surface area (Å²) in [5, 5.41) is 13.4. The van der Waals surface area contributed by atoms with Gasteiger partial charge in [0, 0.05) is 31.3 Å². The third kappa shape index (κ3) is 2.47. The topological polar surface area (TPSA) is 107 Å². The van der Waals surface area contributed by atoms with Gasteiger partial charge in [0.1, 0.15) is 17.5 Å². The van der Waals surface area contributed by atoms with Crippen LogP contribution in [0.2, 0.25) is 0 Å². The summed E-state index contributed by atoms with van der Waals surface area (Å²) in [5.41, 5.74) is 4.41. The maximum Gasteiger partial charge on any atom is 0.254 e. The van der Waals surface area contributed by atoms with Crippen molar-refractivity contribution in [2.75, 3.05) is 19.5 Å². The van der Waals surface area contributed by atoms with E-state index in [-0.39, 0.29) is 5.91 Å². The van der Waals surface area contributed by atoms with E-state index in [0.717, 1.165) is 29.5 Å². The van der Waals surface area contributed by atoms with Crippen LogP contribution in [0, 0.1) is 11.3 Å². The van der Waals surface area contributed by atoms with E-state index < -0.39 is 0 Å². The minimum atomic E-state index is -0.0102. The molecule has 8 heteroatoms. The van der Waals surface area contributed by atoms with Gasteiger partial charge in [-0.1, -0.05) is 0 Å². The van der Waals surface area contributed by atoms with Crippen LogP contribution in [-0.2, 0) is 6.54 Å². The quantitative estimate of drug-likeness (QED) is 0.727. The van der Waals surface area contributed by atoms with Crippen LogP contribution in [-0.4, -0.2) is 39.9 Å². The second kappa shape index (κ2) is 5.96. The first-order valence-electron chi connectivity index (χ1n) is 9.11. The molecule has 2 aliphatic rings. The van der Waals surface area contributed by atoms with Crippen molar-refractivity contribution in [2.45, 2.75) is 25.3 Å². The number of fused-ring (bicyclic) bond motifs is 2. The molecule has 28 heavy (non-hydrogen) atoms. The van der Waals surface area contributed by atoms with Crippen molar-refractivity contribution in [3.63, 3.8) is 0 Å². The summed E-state index contributed by atoms with van der Waals surface area (Å²) in [4.78, 5) is 26.2. The van der Waals surface area contributed by atoms with Crippen molar-refractivity contribution in [2.24, 2.45) is 0 Å². The Labute approximate surface area is 161 Å². The van der Waals surface area contributed by atoms with Crippen LogP contribution >= 0.6 is 0 Å². The molecule has 5 rings (SSSR count). The highest BCUT2D eigenvalue weighted by atomic mass is 16.5. The van der Waals surface area contributed by atoms with Crippen LogP contribution in [0.5, 0.6) is 5.75 Å². The molecular formula is C20H18N6O2. The predicted octanol–water partition coefficient (Wildman–Crippen LogP) is 3.04. The number of aromatic amines is 1. The molecule has 1 amide bonds. The number of nitrogens with zero attached hydrogens (tertiary/aromatic N) is 4. The number of anilines is 2. The smallest absolute Gasteiger partial charge is 0.254 e. The summed E-state index contributed by atoms with van der Waals surface area (Å²) < 4.78 is 5.49. The van der Waals surface area contributed by atoms with Gasteiger partial charge in [-0.25, -0.2) is 4.98 Å². The lowest BCUT2D eigenvalue weighted by Gasteiger charge is -2.13. The average Bonchev–Trinajstić information content (AvgIpc) is 3.40. The summed E-state index contributed by atoms with van der Waals surface area (Å²) in [5.74, 6) is 1.35. The second-order valence-corrected chi connectivity index (χ2v) is 7.24. The Hall–Kier alpha value is -3.60. The molecule has 0 radical (unpaired) electrons. The molecule has 3 heterocycles. The molecule has 1 aromatic carbocycles. The van der Waals surface area contributed by atoms with Gasteiger partial charge < -0.3 is 19.9 Å². The van der Waals surface area contributed by atoms with E-state index in [1.54, 1.807) is 31.3 Å². The molecule has 140 valence electrons. The van der Waals surface area contributed by atoms with Gasteiger partial charge in [0.25, 0.3) is 5.91 Å². The number of ether oxygens (including phenoxy) is 1. The first-order chi connectivity index (χ1) is 13.6. The molecule has 0 unspecified atom stereocenters. The fourth-order valence-electron chi connectivity index (χ4n) is 3.73. The Bertz CT molecular complexity index is 1170. The maximum absolute atomic E-state index is 12.2. The van der Waals surface area contributed by atoms with E-state index in [2.05, 4.69) is 21.4 Å². The lowest BCUT2D eigenvalue weighted by Crippen LogP contribution is -2.17. The number of carbonyl (C=O) groups is 1. The minimum Gasteiger partial charge on any atom is -0.495 e. The molecule has 0 atom stereocenters. The Morgan fingerprint density at radius 1 is 1.36 bits per heavy atom. The van der Waals surface area contributed by atoms with Crippen LogP contribution in [0.1, 0.15) is 45.9 Å². The third-order valence-electron chi connectivity index (χ3n) is 5.30. The molecule has 1 fully saturated rings. The summed E-state index contributed by atoms with van der Waals surface area (Å²) in [6, 6.07) is 5.88. The lowest BCUT2D eigenvalue weighted by molar-refractivity contribution is 0.0816. The highest BCUT2D eigenvalue weighted by Gasteiger charge is 2.30.